The van der Waals surface area contributed by atoms with Crippen molar-refractivity contribution in [1.82, 2.24) is 30.0 Å². The molecule has 4 rings (SSSR count). The molecular weight excluding hydrogens is 354 g/mol. The van der Waals surface area contributed by atoms with Gasteiger partial charge in [0.1, 0.15) is 12.1 Å². The number of amides is 1. The van der Waals surface area contributed by atoms with Crippen molar-refractivity contribution in [2.24, 2.45) is 0 Å². The summed E-state index contributed by atoms with van der Waals surface area (Å²) in [4.78, 5) is 23.8. The molecule has 0 fully saturated rings. The highest BCUT2D eigenvalue weighted by Gasteiger charge is 2.08. The molecule has 0 spiro atoms. The molecule has 28 heavy (non-hydrogen) atoms. The number of hydrogen-bond donors (Lipinski definition) is 3. The predicted octanol–water partition coefficient (Wildman–Crippen LogP) is 2.22. The van der Waals surface area contributed by atoms with Crippen molar-refractivity contribution in [3.05, 3.63) is 66.4 Å². The zero-order valence-corrected chi connectivity index (χ0v) is 15.5. The number of benzene rings is 1. The van der Waals surface area contributed by atoms with E-state index in [0.29, 0.717) is 31.1 Å². The molecule has 0 saturated heterocycles. The predicted molar refractivity (Wildman–Crippen MR) is 107 cm³/mol. The summed E-state index contributed by atoms with van der Waals surface area (Å²) in [6.45, 7) is 2.99. The van der Waals surface area contributed by atoms with E-state index in [4.69, 9.17) is 0 Å². The molecule has 4 aromatic rings. The van der Waals surface area contributed by atoms with Crippen molar-refractivity contribution in [3.8, 4) is 5.82 Å². The van der Waals surface area contributed by atoms with Crippen LogP contribution in [0.5, 0.6) is 0 Å². The SMILES string of the molecule is Cc1ccn(-c2cc(NCCNC(=O)Cc3c[nH]c4ccccc34)ncn2)n1. The Labute approximate surface area is 162 Å². The lowest BCUT2D eigenvalue weighted by Crippen LogP contribution is -2.30. The molecule has 1 aromatic carbocycles. The van der Waals surface area contributed by atoms with Crippen LogP contribution in [-0.2, 0) is 11.2 Å². The first-order valence-corrected chi connectivity index (χ1v) is 9.09. The molecule has 0 aliphatic carbocycles. The van der Waals surface area contributed by atoms with Gasteiger partial charge in [-0.25, -0.2) is 14.6 Å². The number of rotatable bonds is 7. The second-order valence-corrected chi connectivity index (χ2v) is 6.48. The van der Waals surface area contributed by atoms with Gasteiger partial charge in [0.15, 0.2) is 5.82 Å². The lowest BCUT2D eigenvalue weighted by Gasteiger charge is -2.08. The molecule has 1 amide bonds. The van der Waals surface area contributed by atoms with Crippen LogP contribution < -0.4 is 10.6 Å². The van der Waals surface area contributed by atoms with E-state index in [2.05, 4.69) is 30.7 Å². The maximum atomic E-state index is 12.2. The molecule has 142 valence electrons. The quantitative estimate of drug-likeness (QED) is 0.430. The molecule has 8 heteroatoms. The Morgan fingerprint density at radius 3 is 2.93 bits per heavy atom. The number of carbonyl (C=O) groups is 1. The fraction of sp³-hybridized carbons (Fsp3) is 0.200. The Morgan fingerprint density at radius 2 is 2.07 bits per heavy atom. The molecule has 0 atom stereocenters. The smallest absolute Gasteiger partial charge is 0.224 e. The average molecular weight is 375 g/mol. The van der Waals surface area contributed by atoms with Crippen LogP contribution in [0, 0.1) is 6.92 Å². The largest absolute Gasteiger partial charge is 0.368 e. The van der Waals surface area contributed by atoms with E-state index in [0.717, 1.165) is 22.2 Å². The van der Waals surface area contributed by atoms with Gasteiger partial charge in [-0.3, -0.25) is 4.79 Å². The summed E-state index contributed by atoms with van der Waals surface area (Å²) in [7, 11) is 0. The fourth-order valence-electron chi connectivity index (χ4n) is 3.02. The first kappa shape index (κ1) is 17.7. The lowest BCUT2D eigenvalue weighted by molar-refractivity contribution is -0.120. The molecule has 0 radical (unpaired) electrons. The summed E-state index contributed by atoms with van der Waals surface area (Å²) < 4.78 is 1.70. The monoisotopic (exact) mass is 375 g/mol. The number of carbonyl (C=O) groups excluding carboxylic acids is 1. The normalized spacial score (nSPS) is 10.9. The number of anilines is 1. The minimum absolute atomic E-state index is 0.0121. The van der Waals surface area contributed by atoms with Crippen molar-refractivity contribution in [2.75, 3.05) is 18.4 Å². The number of fused-ring (bicyclic) bond motifs is 1. The van der Waals surface area contributed by atoms with E-state index in [1.807, 2.05) is 55.7 Å². The fourth-order valence-corrected chi connectivity index (χ4v) is 3.02. The average Bonchev–Trinajstić information content (AvgIpc) is 3.32. The number of hydrogen-bond acceptors (Lipinski definition) is 5. The van der Waals surface area contributed by atoms with Crippen molar-refractivity contribution in [1.29, 1.82) is 0 Å². The first-order chi connectivity index (χ1) is 13.7. The van der Waals surface area contributed by atoms with Gasteiger partial charge in [0, 0.05) is 42.5 Å². The second kappa shape index (κ2) is 7.91. The molecule has 0 saturated carbocycles. The van der Waals surface area contributed by atoms with Gasteiger partial charge < -0.3 is 15.6 Å². The highest BCUT2D eigenvalue weighted by molar-refractivity contribution is 5.88. The number of aromatic amines is 1. The Bertz CT molecular complexity index is 1100. The minimum Gasteiger partial charge on any atom is -0.368 e. The van der Waals surface area contributed by atoms with Crippen LogP contribution >= 0.6 is 0 Å². The summed E-state index contributed by atoms with van der Waals surface area (Å²) in [5.74, 6) is 1.36. The molecule has 0 aliphatic heterocycles. The van der Waals surface area contributed by atoms with Crippen LogP contribution in [0.2, 0.25) is 0 Å². The van der Waals surface area contributed by atoms with Gasteiger partial charge in [0.25, 0.3) is 0 Å². The van der Waals surface area contributed by atoms with Crippen LogP contribution in [0.15, 0.2) is 55.1 Å². The van der Waals surface area contributed by atoms with Crippen LogP contribution in [-0.4, -0.2) is 43.7 Å². The first-order valence-electron chi connectivity index (χ1n) is 9.09. The highest BCUT2D eigenvalue weighted by Crippen LogP contribution is 2.17. The number of aryl methyl sites for hydroxylation is 1. The number of nitrogens with one attached hydrogen (secondary N) is 3. The van der Waals surface area contributed by atoms with E-state index in [1.54, 1.807) is 4.68 Å². The topological polar surface area (TPSA) is 101 Å². The van der Waals surface area contributed by atoms with Gasteiger partial charge in [0.05, 0.1) is 12.1 Å². The van der Waals surface area contributed by atoms with Crippen molar-refractivity contribution < 1.29 is 4.79 Å². The third-order valence-electron chi connectivity index (χ3n) is 4.39. The number of aromatic nitrogens is 5. The Hall–Kier alpha value is -3.68. The van der Waals surface area contributed by atoms with Gasteiger partial charge in [-0.2, -0.15) is 5.10 Å². The number of nitrogens with zero attached hydrogens (tertiary/aromatic N) is 4. The van der Waals surface area contributed by atoms with Crippen molar-refractivity contribution >= 4 is 22.6 Å². The standard InChI is InChI=1S/C20H21N7O/c1-14-6-9-27(26-14)19-11-18(24-13-25-19)21-7-8-22-20(28)10-15-12-23-17-5-3-2-4-16(15)17/h2-6,9,11-13,23H,7-8,10H2,1H3,(H,22,28)(H,21,24,25). The van der Waals surface area contributed by atoms with E-state index in [-0.39, 0.29) is 5.91 Å². The van der Waals surface area contributed by atoms with Crippen LogP contribution in [0.25, 0.3) is 16.7 Å². The second-order valence-electron chi connectivity index (χ2n) is 6.48. The summed E-state index contributed by atoms with van der Waals surface area (Å²) in [6.07, 6.45) is 5.58. The summed E-state index contributed by atoms with van der Waals surface area (Å²) >= 11 is 0. The van der Waals surface area contributed by atoms with Gasteiger partial charge >= 0.3 is 0 Å². The molecule has 8 nitrogen and oxygen atoms in total. The molecule has 3 N–H and O–H groups in total. The number of H-pyrrole nitrogens is 1. The van der Waals surface area contributed by atoms with Crippen LogP contribution in [0.4, 0.5) is 5.82 Å². The molecular formula is C20H21N7O. The number of para-hydroxylation sites is 1. The maximum Gasteiger partial charge on any atom is 0.224 e. The van der Waals surface area contributed by atoms with Gasteiger partial charge in [-0.05, 0) is 24.6 Å². The zero-order valence-electron chi connectivity index (χ0n) is 15.5. The zero-order chi connectivity index (χ0) is 19.3. The van der Waals surface area contributed by atoms with Gasteiger partial charge in [-0.1, -0.05) is 18.2 Å². The highest BCUT2D eigenvalue weighted by atomic mass is 16.1. The van der Waals surface area contributed by atoms with Crippen LogP contribution in [0.3, 0.4) is 0 Å². The molecule has 3 aromatic heterocycles. The van der Waals surface area contributed by atoms with Gasteiger partial charge in [0.2, 0.25) is 5.91 Å². The summed E-state index contributed by atoms with van der Waals surface area (Å²) in [5.41, 5.74) is 2.96. The van der Waals surface area contributed by atoms with E-state index in [1.165, 1.54) is 6.33 Å². The third kappa shape index (κ3) is 4.01. The van der Waals surface area contributed by atoms with E-state index in [9.17, 15) is 4.79 Å². The van der Waals surface area contributed by atoms with Gasteiger partial charge in [-0.15, -0.1) is 0 Å². The summed E-state index contributed by atoms with van der Waals surface area (Å²) in [6, 6.07) is 11.7. The van der Waals surface area contributed by atoms with E-state index < -0.39 is 0 Å². The minimum atomic E-state index is -0.0121. The van der Waals surface area contributed by atoms with Crippen LogP contribution in [0.1, 0.15) is 11.3 Å². The Kier molecular flexibility index (Phi) is 5.01. The lowest BCUT2D eigenvalue weighted by atomic mass is 10.1. The summed E-state index contributed by atoms with van der Waals surface area (Å²) in [5, 5.41) is 11.5. The molecule has 0 bridgehead atoms. The Balaban J connectivity index is 1.27. The molecule has 0 aliphatic rings. The van der Waals surface area contributed by atoms with Crippen molar-refractivity contribution in [3.63, 3.8) is 0 Å². The third-order valence-corrected chi connectivity index (χ3v) is 4.39. The molecule has 0 unspecified atom stereocenters. The van der Waals surface area contributed by atoms with E-state index >= 15 is 0 Å². The Morgan fingerprint density at radius 1 is 1.18 bits per heavy atom. The maximum absolute atomic E-state index is 12.2. The van der Waals surface area contributed by atoms with Crippen molar-refractivity contribution in [2.45, 2.75) is 13.3 Å². The molecule has 3 heterocycles.